The number of carbonyl (C=O) groups is 2. The Morgan fingerprint density at radius 1 is 1.17 bits per heavy atom. The van der Waals surface area contributed by atoms with Crippen molar-refractivity contribution in [3.63, 3.8) is 0 Å². The monoisotopic (exact) mass is 503 g/mol. The molecule has 0 bridgehead atoms. The van der Waals surface area contributed by atoms with Crippen molar-refractivity contribution in [3.8, 4) is 0 Å². The lowest BCUT2D eigenvalue weighted by atomic mass is 10.0. The number of rotatable bonds is 9. The number of allylic oxidation sites excluding steroid dienone is 3. The lowest BCUT2D eigenvalue weighted by molar-refractivity contribution is -0.118. The molecule has 10 heteroatoms. The van der Waals surface area contributed by atoms with Crippen LogP contribution in [-0.2, 0) is 24.1 Å². The summed E-state index contributed by atoms with van der Waals surface area (Å²) < 4.78 is 36.5. The third-order valence-electron chi connectivity index (χ3n) is 5.58. The van der Waals surface area contributed by atoms with Crippen molar-refractivity contribution in [2.45, 2.75) is 53.0 Å². The fraction of sp³-hybridized carbons (Fsp3) is 0.440. The van der Waals surface area contributed by atoms with Gasteiger partial charge in [0.25, 0.3) is 5.91 Å². The molecule has 35 heavy (non-hydrogen) atoms. The number of hydrogen-bond donors (Lipinski definition) is 0. The molecule has 1 aliphatic carbocycles. The normalized spacial score (nSPS) is 17.1. The van der Waals surface area contributed by atoms with Gasteiger partial charge in [-0.1, -0.05) is 45.1 Å². The number of amides is 2. The molecule has 3 rings (SSSR count). The molecule has 1 aliphatic heterocycles. The number of imide groups is 1. The van der Waals surface area contributed by atoms with Crippen molar-refractivity contribution < 1.29 is 27.5 Å². The SMILES string of the molecule is CC.CCC(COC)N(C=O)C(=O)c1c(C)cccc1N=NC1=C(OC)C2=CCCC=C2S1(=O)=O. The van der Waals surface area contributed by atoms with E-state index in [0.29, 0.717) is 36.8 Å². The van der Waals surface area contributed by atoms with Crippen LogP contribution in [0.25, 0.3) is 0 Å². The van der Waals surface area contributed by atoms with Crippen LogP contribution in [0.15, 0.2) is 61.8 Å². The van der Waals surface area contributed by atoms with Gasteiger partial charge in [-0.25, -0.2) is 8.42 Å². The number of nitrogens with zero attached hydrogens (tertiary/aromatic N) is 3. The van der Waals surface area contributed by atoms with E-state index in [-0.39, 0.29) is 33.6 Å². The van der Waals surface area contributed by atoms with Crippen molar-refractivity contribution in [1.29, 1.82) is 0 Å². The molecule has 2 amide bonds. The van der Waals surface area contributed by atoms with Gasteiger partial charge in [0.2, 0.25) is 21.3 Å². The Morgan fingerprint density at radius 3 is 2.46 bits per heavy atom. The van der Waals surface area contributed by atoms with Crippen LogP contribution in [0.1, 0.15) is 56.0 Å². The van der Waals surface area contributed by atoms with Crippen LogP contribution in [0, 0.1) is 6.92 Å². The van der Waals surface area contributed by atoms with Gasteiger partial charge in [-0.2, -0.15) is 0 Å². The molecule has 0 radical (unpaired) electrons. The lowest BCUT2D eigenvalue weighted by Crippen LogP contribution is -2.41. The van der Waals surface area contributed by atoms with E-state index in [1.165, 1.54) is 14.2 Å². The summed E-state index contributed by atoms with van der Waals surface area (Å²) in [5.41, 5.74) is 1.37. The number of aryl methyl sites for hydroxylation is 1. The molecule has 0 aromatic heterocycles. The molecule has 0 saturated carbocycles. The van der Waals surface area contributed by atoms with E-state index < -0.39 is 21.8 Å². The largest absolute Gasteiger partial charge is 0.493 e. The summed E-state index contributed by atoms with van der Waals surface area (Å²) in [6.45, 7) is 7.75. The van der Waals surface area contributed by atoms with E-state index in [4.69, 9.17) is 9.47 Å². The Labute approximate surface area is 207 Å². The van der Waals surface area contributed by atoms with E-state index in [9.17, 15) is 18.0 Å². The third-order valence-corrected chi connectivity index (χ3v) is 7.32. The van der Waals surface area contributed by atoms with Crippen molar-refractivity contribution in [3.05, 3.63) is 62.7 Å². The highest BCUT2D eigenvalue weighted by Gasteiger charge is 2.41. The number of fused-ring (bicyclic) bond motifs is 1. The maximum Gasteiger partial charge on any atom is 0.263 e. The minimum atomic E-state index is -3.89. The molecule has 2 aliphatic rings. The summed E-state index contributed by atoms with van der Waals surface area (Å²) in [7, 11) is -1.02. The minimum absolute atomic E-state index is 0.130. The Hall–Kier alpha value is -3.11. The molecule has 0 saturated heterocycles. The average Bonchev–Trinajstić information content (AvgIpc) is 3.09. The van der Waals surface area contributed by atoms with Gasteiger partial charge in [-0.15, -0.1) is 10.2 Å². The maximum absolute atomic E-state index is 13.3. The quantitative estimate of drug-likeness (QED) is 0.347. The molecule has 1 aromatic rings. The molecule has 1 aromatic carbocycles. The molecule has 1 heterocycles. The highest BCUT2D eigenvalue weighted by molar-refractivity contribution is 7.99. The van der Waals surface area contributed by atoms with Gasteiger partial charge < -0.3 is 9.47 Å². The summed E-state index contributed by atoms with van der Waals surface area (Å²) in [5.74, 6) is -0.429. The maximum atomic E-state index is 13.3. The zero-order valence-electron chi connectivity index (χ0n) is 21.1. The van der Waals surface area contributed by atoms with Crippen molar-refractivity contribution in [2.75, 3.05) is 20.8 Å². The van der Waals surface area contributed by atoms with Gasteiger partial charge in [0.15, 0.2) is 5.76 Å². The lowest BCUT2D eigenvalue weighted by Gasteiger charge is -2.26. The van der Waals surface area contributed by atoms with Crippen LogP contribution in [0.5, 0.6) is 0 Å². The number of hydrogen-bond acceptors (Lipinski definition) is 8. The first-order chi connectivity index (χ1) is 16.8. The van der Waals surface area contributed by atoms with E-state index in [1.54, 1.807) is 37.3 Å². The standard InChI is InChI=1S/C23H27N3O6S.C2H6/c1-5-16(13-31-3)26(14-27)23(28)20-15(2)9-8-11-18(20)24-25-22-21(32-4)17-10-6-7-12-19(17)33(22,29)30;1-2/h8-12,14,16H,5-7,13H2,1-4H3;1-2H3. The zero-order chi connectivity index (χ0) is 26.2. The molecule has 1 atom stereocenters. The van der Waals surface area contributed by atoms with Gasteiger partial charge in [0, 0.05) is 12.7 Å². The Kier molecular flexibility index (Phi) is 10.1. The van der Waals surface area contributed by atoms with E-state index >= 15 is 0 Å². The summed E-state index contributed by atoms with van der Waals surface area (Å²) in [6.07, 6.45) is 5.74. The van der Waals surface area contributed by atoms with Crippen molar-refractivity contribution in [1.82, 2.24) is 4.90 Å². The van der Waals surface area contributed by atoms with Gasteiger partial charge in [0.1, 0.15) is 0 Å². The highest BCUT2D eigenvalue weighted by Crippen LogP contribution is 2.43. The smallest absolute Gasteiger partial charge is 0.263 e. The average molecular weight is 504 g/mol. The molecule has 0 spiro atoms. The van der Waals surface area contributed by atoms with Crippen LogP contribution >= 0.6 is 0 Å². The van der Waals surface area contributed by atoms with Crippen molar-refractivity contribution in [2.24, 2.45) is 10.2 Å². The Bertz CT molecular complexity index is 1180. The van der Waals surface area contributed by atoms with Gasteiger partial charge >= 0.3 is 0 Å². The Balaban J connectivity index is 0.00000210. The van der Waals surface area contributed by atoms with Crippen LogP contribution in [-0.4, -0.2) is 52.5 Å². The first-order valence-corrected chi connectivity index (χ1v) is 13.0. The summed E-state index contributed by atoms with van der Waals surface area (Å²) in [5, 5.41) is 7.84. The highest BCUT2D eigenvalue weighted by atomic mass is 32.2. The minimum Gasteiger partial charge on any atom is -0.493 e. The topological polar surface area (TPSA) is 115 Å². The summed E-state index contributed by atoms with van der Waals surface area (Å²) in [6, 6.07) is 4.48. The molecule has 0 N–H and O–H groups in total. The van der Waals surface area contributed by atoms with Crippen LogP contribution < -0.4 is 0 Å². The van der Waals surface area contributed by atoms with Gasteiger partial charge in [-0.3, -0.25) is 14.5 Å². The number of carbonyl (C=O) groups excluding carboxylic acids is 2. The number of sulfone groups is 1. The van der Waals surface area contributed by atoms with Crippen LogP contribution in [0.2, 0.25) is 0 Å². The second kappa shape index (κ2) is 12.6. The van der Waals surface area contributed by atoms with Crippen molar-refractivity contribution >= 4 is 27.8 Å². The fourth-order valence-corrected chi connectivity index (χ4v) is 5.48. The summed E-state index contributed by atoms with van der Waals surface area (Å²) in [4.78, 5) is 26.3. The summed E-state index contributed by atoms with van der Waals surface area (Å²) >= 11 is 0. The van der Waals surface area contributed by atoms with Crippen LogP contribution in [0.4, 0.5) is 5.69 Å². The number of azo groups is 1. The predicted molar refractivity (Wildman–Crippen MR) is 134 cm³/mol. The molecule has 9 nitrogen and oxygen atoms in total. The first-order valence-electron chi connectivity index (χ1n) is 11.5. The molecule has 0 fully saturated rings. The zero-order valence-corrected chi connectivity index (χ0v) is 21.9. The molecular weight excluding hydrogens is 470 g/mol. The van der Waals surface area contributed by atoms with Crippen LogP contribution in [0.3, 0.4) is 0 Å². The Morgan fingerprint density at radius 2 is 1.86 bits per heavy atom. The number of methoxy groups -OCH3 is 2. The predicted octanol–water partition coefficient (Wildman–Crippen LogP) is 4.98. The van der Waals surface area contributed by atoms with Gasteiger partial charge in [-0.05, 0) is 37.8 Å². The molecular formula is C25H33N3O6S. The number of ether oxygens (including phenoxy) is 2. The molecule has 1 unspecified atom stereocenters. The van der Waals surface area contributed by atoms with E-state index in [0.717, 1.165) is 4.90 Å². The number of benzene rings is 1. The third kappa shape index (κ3) is 5.59. The molecule has 190 valence electrons. The van der Waals surface area contributed by atoms with Gasteiger partial charge in [0.05, 0.1) is 35.9 Å². The second-order valence-corrected chi connectivity index (χ2v) is 9.44. The first kappa shape index (κ1) is 28.1. The second-order valence-electron chi connectivity index (χ2n) is 7.61. The van der Waals surface area contributed by atoms with E-state index in [1.807, 2.05) is 20.8 Å². The van der Waals surface area contributed by atoms with E-state index in [2.05, 4.69) is 10.2 Å². The fourth-order valence-electron chi connectivity index (χ4n) is 3.88.